The van der Waals surface area contributed by atoms with E-state index in [1.807, 2.05) is 6.20 Å². The summed E-state index contributed by atoms with van der Waals surface area (Å²) in [5.74, 6) is 4.53. The lowest BCUT2D eigenvalue weighted by Gasteiger charge is -2.41. The van der Waals surface area contributed by atoms with Crippen molar-refractivity contribution in [3.05, 3.63) is 113 Å². The molecule has 5 heterocycles. The number of amidine groups is 1. The lowest BCUT2D eigenvalue weighted by Crippen LogP contribution is -2.44. The number of anilines is 1. The number of rotatable bonds is 5. The molecule has 0 spiro atoms. The zero-order valence-electron chi connectivity index (χ0n) is 27.1. The number of hydrogen-bond donors (Lipinski definition) is 0. The molecule has 0 fully saturated rings. The van der Waals surface area contributed by atoms with Crippen molar-refractivity contribution in [3.63, 3.8) is 0 Å². The van der Waals surface area contributed by atoms with Gasteiger partial charge in [-0.05, 0) is 108 Å². The monoisotopic (exact) mass is 602 g/mol. The number of para-hydroxylation sites is 1. The molecule has 3 aliphatic heterocycles. The highest BCUT2D eigenvalue weighted by Crippen LogP contribution is 2.50. The van der Waals surface area contributed by atoms with Gasteiger partial charge >= 0.3 is 0 Å². The molecule has 6 aromatic rings. The Hall–Kier alpha value is -4.90. The summed E-state index contributed by atoms with van der Waals surface area (Å²) in [7, 11) is 0. The minimum absolute atomic E-state index is 0.267. The van der Waals surface area contributed by atoms with E-state index in [1.165, 1.54) is 44.3 Å². The third-order valence-electron chi connectivity index (χ3n) is 10.3. The van der Waals surface area contributed by atoms with Crippen LogP contribution in [0, 0.1) is 0 Å². The van der Waals surface area contributed by atoms with Gasteiger partial charge in [0.15, 0.2) is 0 Å². The zero-order chi connectivity index (χ0) is 31.3. The highest BCUT2D eigenvalue weighted by Gasteiger charge is 2.43. The van der Waals surface area contributed by atoms with Crippen molar-refractivity contribution in [2.45, 2.75) is 71.4 Å². The Labute approximate surface area is 270 Å². The first-order chi connectivity index (χ1) is 22.4. The summed E-state index contributed by atoms with van der Waals surface area (Å²) in [6.45, 7) is 11.3. The molecule has 9 rings (SSSR count). The second-order valence-electron chi connectivity index (χ2n) is 13.8. The predicted octanol–water partition coefficient (Wildman–Crippen LogP) is 10.2. The van der Waals surface area contributed by atoms with Crippen molar-refractivity contribution in [2.75, 3.05) is 4.90 Å². The molecule has 228 valence electrons. The van der Waals surface area contributed by atoms with Gasteiger partial charge in [-0.25, -0.2) is 4.98 Å². The quantitative estimate of drug-likeness (QED) is 0.197. The van der Waals surface area contributed by atoms with Gasteiger partial charge in [0.05, 0.1) is 28.8 Å². The first kappa shape index (κ1) is 27.4. The molecule has 4 aromatic carbocycles. The Balaban J connectivity index is 1.17. The van der Waals surface area contributed by atoms with Crippen molar-refractivity contribution in [2.24, 2.45) is 4.99 Å². The third-order valence-corrected chi connectivity index (χ3v) is 10.3. The second kappa shape index (κ2) is 10.1. The van der Waals surface area contributed by atoms with E-state index in [1.54, 1.807) is 0 Å². The van der Waals surface area contributed by atoms with Crippen LogP contribution in [-0.4, -0.2) is 27.5 Å². The molecule has 46 heavy (non-hydrogen) atoms. The van der Waals surface area contributed by atoms with Gasteiger partial charge in [0, 0.05) is 34.2 Å². The maximum atomic E-state index is 6.68. The summed E-state index contributed by atoms with van der Waals surface area (Å²) in [5.41, 5.74) is 11.5. The molecule has 5 heteroatoms. The Morgan fingerprint density at radius 1 is 0.739 bits per heavy atom. The lowest BCUT2D eigenvalue weighted by molar-refractivity contribution is 0.483. The van der Waals surface area contributed by atoms with E-state index in [0.717, 1.165) is 52.6 Å². The van der Waals surface area contributed by atoms with Crippen molar-refractivity contribution in [1.29, 1.82) is 0 Å². The number of aliphatic imine (C=N–C) groups is 1. The van der Waals surface area contributed by atoms with Gasteiger partial charge < -0.3 is 9.64 Å². The Morgan fingerprint density at radius 3 is 2.37 bits per heavy atom. The van der Waals surface area contributed by atoms with Crippen LogP contribution in [0.1, 0.15) is 75.1 Å². The van der Waals surface area contributed by atoms with E-state index < -0.39 is 0 Å². The van der Waals surface area contributed by atoms with Gasteiger partial charge in [0.1, 0.15) is 23.2 Å². The number of hydrogen-bond acceptors (Lipinski definition) is 4. The molecule has 2 atom stereocenters. The van der Waals surface area contributed by atoms with Crippen molar-refractivity contribution < 1.29 is 4.74 Å². The Kier molecular flexibility index (Phi) is 5.99. The number of aromatic nitrogens is 2. The van der Waals surface area contributed by atoms with Gasteiger partial charge in [-0.3, -0.25) is 9.56 Å². The molecule has 3 aliphatic rings. The fraction of sp³-hybridized carbons (Fsp3) is 0.268. The highest BCUT2D eigenvalue weighted by atomic mass is 16.5. The molecular weight excluding hydrogens is 564 g/mol. The highest BCUT2D eigenvalue weighted by molar-refractivity contribution is 6.21. The van der Waals surface area contributed by atoms with Crippen LogP contribution < -0.4 is 9.64 Å². The summed E-state index contributed by atoms with van der Waals surface area (Å²) < 4.78 is 8.95. The van der Waals surface area contributed by atoms with Gasteiger partial charge in [-0.15, -0.1) is 0 Å². The summed E-state index contributed by atoms with van der Waals surface area (Å²) >= 11 is 0. The van der Waals surface area contributed by atoms with Crippen LogP contribution in [0.3, 0.4) is 0 Å². The average Bonchev–Trinajstić information content (AvgIpc) is 3.58. The van der Waals surface area contributed by atoms with Gasteiger partial charge in [-0.1, -0.05) is 52.0 Å². The van der Waals surface area contributed by atoms with Crippen LogP contribution in [0.5, 0.6) is 11.5 Å². The Morgan fingerprint density at radius 2 is 1.52 bits per heavy atom. The minimum Gasteiger partial charge on any atom is -0.457 e. The first-order valence-electron chi connectivity index (χ1n) is 16.7. The molecule has 0 saturated carbocycles. The topological polar surface area (TPSA) is 42.6 Å². The molecule has 0 bridgehead atoms. The van der Waals surface area contributed by atoms with Crippen LogP contribution in [0.2, 0.25) is 0 Å². The van der Waals surface area contributed by atoms with Crippen LogP contribution in [0.25, 0.3) is 38.8 Å². The molecular formula is C41H38N4O. The summed E-state index contributed by atoms with van der Waals surface area (Å²) in [6.07, 6.45) is 4.17. The number of nitrogens with zero attached hydrogens (tertiary/aromatic N) is 4. The fourth-order valence-corrected chi connectivity index (χ4v) is 7.91. The number of aryl methyl sites for hydroxylation is 1. The fourth-order valence-electron chi connectivity index (χ4n) is 7.91. The SMILES string of the molecule is CC(C)c1ccnc(-n2c3ccccc3c3ccc(Oc4ccc5c(c4)C4=NC(C)C6CCc7cc(C(C)C)cc-5c7N46)cc32)c1. The van der Waals surface area contributed by atoms with E-state index in [4.69, 9.17) is 14.7 Å². The molecule has 0 radical (unpaired) electrons. The molecule has 2 unspecified atom stereocenters. The van der Waals surface area contributed by atoms with Crippen molar-refractivity contribution in [1.82, 2.24) is 9.55 Å². The van der Waals surface area contributed by atoms with Crippen LogP contribution >= 0.6 is 0 Å². The number of pyridine rings is 1. The van der Waals surface area contributed by atoms with Crippen LogP contribution in [-0.2, 0) is 6.42 Å². The average molecular weight is 603 g/mol. The maximum Gasteiger partial charge on any atom is 0.137 e. The largest absolute Gasteiger partial charge is 0.457 e. The van der Waals surface area contributed by atoms with E-state index in [-0.39, 0.29) is 6.04 Å². The van der Waals surface area contributed by atoms with Gasteiger partial charge in [-0.2, -0.15) is 0 Å². The normalized spacial score (nSPS) is 18.0. The van der Waals surface area contributed by atoms with Crippen LogP contribution in [0.4, 0.5) is 5.69 Å². The minimum atomic E-state index is 0.267. The van der Waals surface area contributed by atoms with Gasteiger partial charge in [0.25, 0.3) is 0 Å². The van der Waals surface area contributed by atoms with E-state index in [2.05, 4.69) is 129 Å². The molecule has 2 aromatic heterocycles. The molecule has 0 N–H and O–H groups in total. The third kappa shape index (κ3) is 4.00. The summed E-state index contributed by atoms with van der Waals surface area (Å²) in [4.78, 5) is 12.6. The number of fused-ring (bicyclic) bond motifs is 6. The Bertz CT molecular complexity index is 2240. The standard InChI is InChI=1S/C41H38N4O/c1-23(2)26-16-17-42-39(20-26)44-37-9-7-6-8-32(37)33-14-12-30(22-38(33)44)46-29-11-13-31-34-19-28(24(3)4)18-27-10-15-36-25(5)43-41(35(31)21-29)45(36)40(27)34/h6-9,11-14,16-25,36H,10,15H2,1-5H3. The first-order valence-corrected chi connectivity index (χ1v) is 16.7. The van der Waals surface area contributed by atoms with Gasteiger partial charge in [0.2, 0.25) is 0 Å². The molecule has 0 saturated heterocycles. The maximum absolute atomic E-state index is 6.68. The predicted molar refractivity (Wildman–Crippen MR) is 189 cm³/mol. The van der Waals surface area contributed by atoms with Crippen molar-refractivity contribution in [3.8, 4) is 28.4 Å². The molecule has 0 amide bonds. The molecule has 0 aliphatic carbocycles. The van der Waals surface area contributed by atoms with Crippen LogP contribution in [0.15, 0.2) is 96.1 Å². The number of ether oxygens (including phenoxy) is 1. The summed E-state index contributed by atoms with van der Waals surface area (Å²) in [5, 5.41) is 2.39. The van der Waals surface area contributed by atoms with E-state index >= 15 is 0 Å². The van der Waals surface area contributed by atoms with E-state index in [9.17, 15) is 0 Å². The van der Waals surface area contributed by atoms with Crippen molar-refractivity contribution >= 4 is 33.3 Å². The number of benzene rings is 4. The smallest absolute Gasteiger partial charge is 0.137 e. The molecule has 5 nitrogen and oxygen atoms in total. The summed E-state index contributed by atoms with van der Waals surface area (Å²) in [6, 6.07) is 31.4. The second-order valence-corrected chi connectivity index (χ2v) is 13.8. The zero-order valence-corrected chi connectivity index (χ0v) is 27.1. The van der Waals surface area contributed by atoms with E-state index in [0.29, 0.717) is 17.9 Å². The lowest BCUT2D eigenvalue weighted by atomic mass is 9.82.